The van der Waals surface area contributed by atoms with Crippen LogP contribution < -0.4 is 4.80 Å². The molecular formula is C20H22N2O3S4. The Labute approximate surface area is 183 Å². The number of rotatable bonds is 8. The number of hydrogen-bond acceptors (Lipinski definition) is 6. The van der Waals surface area contributed by atoms with Crippen molar-refractivity contribution in [2.75, 3.05) is 24.0 Å². The minimum atomic E-state index is -3.28. The summed E-state index contributed by atoms with van der Waals surface area (Å²) in [5.74, 6) is 1.77. The first kappa shape index (κ1) is 22.1. The van der Waals surface area contributed by atoms with Crippen molar-refractivity contribution in [2.24, 2.45) is 4.99 Å². The summed E-state index contributed by atoms with van der Waals surface area (Å²) in [6.07, 6.45) is 3.22. The molecule has 3 rings (SSSR count). The molecule has 0 fully saturated rings. The minimum absolute atomic E-state index is 0.182. The Kier molecular flexibility index (Phi) is 7.61. The number of sulfone groups is 1. The van der Waals surface area contributed by atoms with Crippen LogP contribution in [-0.4, -0.2) is 42.9 Å². The van der Waals surface area contributed by atoms with Gasteiger partial charge in [-0.25, -0.2) is 8.42 Å². The second-order valence-corrected chi connectivity index (χ2v) is 11.4. The molecule has 0 radical (unpaired) electrons. The molecule has 0 saturated heterocycles. The minimum Gasteiger partial charge on any atom is -0.316 e. The lowest BCUT2D eigenvalue weighted by molar-refractivity contribution is -0.115. The van der Waals surface area contributed by atoms with E-state index in [0.29, 0.717) is 17.1 Å². The van der Waals surface area contributed by atoms with Crippen LogP contribution in [0.25, 0.3) is 10.2 Å². The molecule has 0 spiro atoms. The molecular weight excluding hydrogens is 444 g/mol. The van der Waals surface area contributed by atoms with Crippen molar-refractivity contribution < 1.29 is 13.2 Å². The second-order valence-electron chi connectivity index (χ2n) is 6.41. The quantitative estimate of drug-likeness (QED) is 0.505. The Morgan fingerprint density at radius 3 is 2.62 bits per heavy atom. The highest BCUT2D eigenvalue weighted by Crippen LogP contribution is 2.22. The summed E-state index contributed by atoms with van der Waals surface area (Å²) in [5.41, 5.74) is 2.08. The normalized spacial score (nSPS) is 12.6. The largest absolute Gasteiger partial charge is 0.316 e. The van der Waals surface area contributed by atoms with E-state index in [4.69, 9.17) is 0 Å². The molecule has 5 nitrogen and oxygen atoms in total. The number of fused-ring (bicyclic) bond motifs is 1. The molecule has 9 heteroatoms. The predicted molar refractivity (Wildman–Crippen MR) is 124 cm³/mol. The fourth-order valence-corrected chi connectivity index (χ4v) is 5.71. The summed E-state index contributed by atoms with van der Waals surface area (Å²) in [5, 5.41) is 0. The third-order valence-corrected chi connectivity index (χ3v) is 7.89. The fraction of sp³-hybridized carbons (Fsp3) is 0.300. The SMILES string of the molecule is CSCCn1c(=NC(=O)CSCc2ccccc2)sc2cc(S(C)(=O)=O)ccc21. The summed E-state index contributed by atoms with van der Waals surface area (Å²) in [7, 11) is -3.28. The lowest BCUT2D eigenvalue weighted by Gasteiger charge is -2.04. The first-order chi connectivity index (χ1) is 13.9. The highest BCUT2D eigenvalue weighted by Gasteiger charge is 2.13. The van der Waals surface area contributed by atoms with Gasteiger partial charge in [0.15, 0.2) is 14.6 Å². The van der Waals surface area contributed by atoms with E-state index in [0.717, 1.165) is 21.7 Å². The Morgan fingerprint density at radius 1 is 1.17 bits per heavy atom. The summed E-state index contributed by atoms with van der Waals surface area (Å²) < 4.78 is 26.6. The zero-order valence-corrected chi connectivity index (χ0v) is 19.5. The molecule has 3 aromatic rings. The van der Waals surface area contributed by atoms with E-state index in [1.807, 2.05) is 41.2 Å². The molecule has 2 aromatic carbocycles. The Hall–Kier alpha value is -1.55. The van der Waals surface area contributed by atoms with Crippen LogP contribution in [0.5, 0.6) is 0 Å². The van der Waals surface area contributed by atoms with Crippen molar-refractivity contribution in [3.8, 4) is 0 Å². The van der Waals surface area contributed by atoms with Gasteiger partial charge in [-0.3, -0.25) is 4.79 Å². The smallest absolute Gasteiger partial charge is 0.258 e. The van der Waals surface area contributed by atoms with E-state index < -0.39 is 9.84 Å². The van der Waals surface area contributed by atoms with Gasteiger partial charge in [0.1, 0.15) is 0 Å². The van der Waals surface area contributed by atoms with Crippen molar-refractivity contribution in [1.29, 1.82) is 0 Å². The molecule has 0 N–H and O–H groups in total. The van der Waals surface area contributed by atoms with E-state index in [2.05, 4.69) is 4.99 Å². The van der Waals surface area contributed by atoms with E-state index in [1.54, 1.807) is 30.0 Å². The number of thioether (sulfide) groups is 2. The summed E-state index contributed by atoms with van der Waals surface area (Å²) in [4.78, 5) is 17.7. The van der Waals surface area contributed by atoms with E-state index >= 15 is 0 Å². The maximum absolute atomic E-state index is 12.4. The van der Waals surface area contributed by atoms with Gasteiger partial charge < -0.3 is 4.57 Å². The van der Waals surface area contributed by atoms with Gasteiger partial charge in [-0.15, -0.1) is 11.8 Å². The van der Waals surface area contributed by atoms with Crippen LogP contribution in [0.1, 0.15) is 5.56 Å². The topological polar surface area (TPSA) is 68.5 Å². The standard InChI is InChI=1S/C20H22N2O3S4/c1-26-11-10-22-17-9-8-16(29(2,24)25)12-18(17)28-20(22)21-19(23)14-27-13-15-6-4-3-5-7-15/h3-9,12H,10-11,13-14H2,1-2H3. The van der Waals surface area contributed by atoms with Crippen LogP contribution in [0.3, 0.4) is 0 Å². The van der Waals surface area contributed by atoms with Crippen LogP contribution in [0.2, 0.25) is 0 Å². The number of benzene rings is 2. The number of hydrogen-bond donors (Lipinski definition) is 0. The molecule has 0 aliphatic heterocycles. The van der Waals surface area contributed by atoms with Crippen LogP contribution in [0.4, 0.5) is 0 Å². The van der Waals surface area contributed by atoms with Crippen LogP contribution in [0.15, 0.2) is 58.4 Å². The Balaban J connectivity index is 1.86. The van der Waals surface area contributed by atoms with Gasteiger partial charge >= 0.3 is 0 Å². The molecule has 0 atom stereocenters. The zero-order valence-electron chi connectivity index (χ0n) is 16.2. The zero-order chi connectivity index (χ0) is 20.9. The second kappa shape index (κ2) is 9.97. The molecule has 1 heterocycles. The predicted octanol–water partition coefficient (Wildman–Crippen LogP) is 3.83. The van der Waals surface area contributed by atoms with Gasteiger partial charge in [-0.05, 0) is 30.0 Å². The van der Waals surface area contributed by atoms with Gasteiger partial charge in [0.2, 0.25) is 0 Å². The van der Waals surface area contributed by atoms with Gasteiger partial charge in [-0.2, -0.15) is 16.8 Å². The summed E-state index contributed by atoms with van der Waals surface area (Å²) in [6.45, 7) is 0.711. The summed E-state index contributed by atoms with van der Waals surface area (Å²) >= 11 is 4.61. The number of aromatic nitrogens is 1. The number of thiazole rings is 1. The molecule has 1 aromatic heterocycles. The average molecular weight is 467 g/mol. The first-order valence-corrected chi connectivity index (χ1v) is 14.2. The summed E-state index contributed by atoms with van der Waals surface area (Å²) in [6, 6.07) is 15.1. The molecule has 29 heavy (non-hydrogen) atoms. The third kappa shape index (κ3) is 5.97. The average Bonchev–Trinajstić information content (AvgIpc) is 3.02. The first-order valence-electron chi connectivity index (χ1n) is 8.90. The van der Waals surface area contributed by atoms with E-state index in [1.165, 1.54) is 34.9 Å². The van der Waals surface area contributed by atoms with Crippen molar-refractivity contribution in [3.63, 3.8) is 0 Å². The number of carbonyl (C=O) groups is 1. The van der Waals surface area contributed by atoms with E-state index in [9.17, 15) is 13.2 Å². The lowest BCUT2D eigenvalue weighted by Crippen LogP contribution is -2.18. The highest BCUT2D eigenvalue weighted by atomic mass is 32.2. The number of amides is 1. The van der Waals surface area contributed by atoms with Crippen LogP contribution in [0, 0.1) is 0 Å². The Morgan fingerprint density at radius 2 is 1.93 bits per heavy atom. The number of nitrogens with zero attached hydrogens (tertiary/aromatic N) is 2. The molecule has 1 amide bonds. The maximum Gasteiger partial charge on any atom is 0.258 e. The molecule has 154 valence electrons. The molecule has 0 unspecified atom stereocenters. The third-order valence-electron chi connectivity index (χ3n) is 4.16. The van der Waals surface area contributed by atoms with Crippen molar-refractivity contribution >= 4 is 60.8 Å². The van der Waals surface area contributed by atoms with Gasteiger partial charge in [0.05, 0.1) is 20.9 Å². The van der Waals surface area contributed by atoms with Crippen LogP contribution >= 0.6 is 34.9 Å². The van der Waals surface area contributed by atoms with Gasteiger partial charge in [-0.1, -0.05) is 41.7 Å². The molecule has 0 bridgehead atoms. The van der Waals surface area contributed by atoms with Crippen molar-refractivity contribution in [3.05, 3.63) is 58.9 Å². The lowest BCUT2D eigenvalue weighted by atomic mass is 10.2. The molecule has 0 aliphatic rings. The molecule has 0 aliphatic carbocycles. The van der Waals surface area contributed by atoms with Gasteiger partial charge in [0, 0.05) is 24.3 Å². The number of aryl methyl sites for hydroxylation is 1. The monoisotopic (exact) mass is 466 g/mol. The Bertz CT molecular complexity index is 1170. The van der Waals surface area contributed by atoms with E-state index in [-0.39, 0.29) is 10.8 Å². The molecule has 0 saturated carbocycles. The van der Waals surface area contributed by atoms with Crippen molar-refractivity contribution in [1.82, 2.24) is 4.57 Å². The highest BCUT2D eigenvalue weighted by molar-refractivity contribution is 7.99. The van der Waals surface area contributed by atoms with Crippen molar-refractivity contribution in [2.45, 2.75) is 17.2 Å². The van der Waals surface area contributed by atoms with Crippen LogP contribution in [-0.2, 0) is 26.9 Å². The number of carbonyl (C=O) groups excluding carboxylic acids is 1. The van der Waals surface area contributed by atoms with Gasteiger partial charge in [0.25, 0.3) is 5.91 Å². The fourth-order valence-electron chi connectivity index (χ4n) is 2.74. The maximum atomic E-state index is 12.4.